The lowest BCUT2D eigenvalue weighted by Crippen LogP contribution is -2.41. The maximum Gasteiger partial charge on any atom is 0.237 e. The van der Waals surface area contributed by atoms with Gasteiger partial charge in [-0.3, -0.25) is 4.79 Å². The molecule has 112 valence electrons. The highest BCUT2D eigenvalue weighted by Gasteiger charge is 2.16. The molecule has 2 aromatic rings. The number of rotatable bonds is 6. The van der Waals surface area contributed by atoms with Crippen molar-refractivity contribution in [3.05, 3.63) is 48.0 Å². The summed E-state index contributed by atoms with van der Waals surface area (Å²) in [7, 11) is 0. The van der Waals surface area contributed by atoms with E-state index in [1.54, 1.807) is 0 Å². The highest BCUT2D eigenvalue weighted by atomic mass is 16.2. The largest absolute Gasteiger partial charge is 0.348 e. The van der Waals surface area contributed by atoms with Crippen LogP contribution in [0, 0.1) is 0 Å². The number of fused-ring (bicyclic) bond motifs is 1. The van der Waals surface area contributed by atoms with Gasteiger partial charge < -0.3 is 16.8 Å². The van der Waals surface area contributed by atoms with Gasteiger partial charge in [0.2, 0.25) is 5.91 Å². The molecule has 2 aromatic carbocycles. The average molecular weight is 285 g/mol. The molecule has 1 amide bonds. The number of nitrogens with one attached hydrogen (secondary N) is 1. The second-order valence-electron chi connectivity index (χ2n) is 5.37. The molecule has 0 saturated carbocycles. The first-order valence-corrected chi connectivity index (χ1v) is 7.36. The standard InChI is InChI=1S/C17H23N3O/c1-12(20-17(21)16(19)7-4-10-18)14-9-8-13-5-2-3-6-15(13)11-14/h2-3,5-6,8-9,11-12,16H,4,7,10,18-19H2,1H3,(H,20,21)/t12?,16-/m0/s1. The Hall–Kier alpha value is -1.91. The van der Waals surface area contributed by atoms with E-state index in [1.165, 1.54) is 10.8 Å². The molecule has 0 bridgehead atoms. The predicted octanol–water partition coefficient (Wildman–Crippen LogP) is 2.08. The van der Waals surface area contributed by atoms with E-state index < -0.39 is 6.04 Å². The van der Waals surface area contributed by atoms with Gasteiger partial charge in [0.25, 0.3) is 0 Å². The Kier molecular flexibility index (Phi) is 5.31. The van der Waals surface area contributed by atoms with Crippen LogP contribution >= 0.6 is 0 Å². The minimum atomic E-state index is -0.489. The summed E-state index contributed by atoms with van der Waals surface area (Å²) in [6.07, 6.45) is 1.38. The SMILES string of the molecule is CC(NC(=O)[C@@H](N)CCCN)c1ccc2ccccc2c1. The maximum atomic E-state index is 12.0. The van der Waals surface area contributed by atoms with E-state index in [0.717, 1.165) is 12.0 Å². The number of hydrogen-bond acceptors (Lipinski definition) is 3. The highest BCUT2D eigenvalue weighted by Crippen LogP contribution is 2.20. The Morgan fingerprint density at radius 2 is 1.90 bits per heavy atom. The Morgan fingerprint density at radius 1 is 1.19 bits per heavy atom. The smallest absolute Gasteiger partial charge is 0.237 e. The Labute approximate surface area is 125 Å². The summed E-state index contributed by atoms with van der Waals surface area (Å²) in [6, 6.07) is 13.8. The van der Waals surface area contributed by atoms with Crippen LogP contribution in [0.4, 0.5) is 0 Å². The molecule has 0 heterocycles. The van der Waals surface area contributed by atoms with Crippen LogP contribution in [0.15, 0.2) is 42.5 Å². The zero-order valence-corrected chi connectivity index (χ0v) is 12.4. The van der Waals surface area contributed by atoms with E-state index in [1.807, 2.05) is 25.1 Å². The molecule has 5 N–H and O–H groups in total. The van der Waals surface area contributed by atoms with Gasteiger partial charge in [-0.1, -0.05) is 36.4 Å². The fourth-order valence-electron chi connectivity index (χ4n) is 2.35. The molecule has 2 atom stereocenters. The zero-order valence-electron chi connectivity index (χ0n) is 12.4. The summed E-state index contributed by atoms with van der Waals surface area (Å²) in [5.41, 5.74) is 12.4. The van der Waals surface area contributed by atoms with Crippen molar-refractivity contribution in [1.29, 1.82) is 0 Å². The van der Waals surface area contributed by atoms with Crippen LogP contribution in [0.2, 0.25) is 0 Å². The summed E-state index contributed by atoms with van der Waals surface area (Å²) in [6.45, 7) is 2.53. The summed E-state index contributed by atoms with van der Waals surface area (Å²) in [5.74, 6) is -0.121. The average Bonchev–Trinajstić information content (AvgIpc) is 2.51. The van der Waals surface area contributed by atoms with E-state index in [9.17, 15) is 4.79 Å². The molecule has 2 rings (SSSR count). The molecule has 4 nitrogen and oxygen atoms in total. The third-order valence-electron chi connectivity index (χ3n) is 3.69. The van der Waals surface area contributed by atoms with Gasteiger partial charge in [-0.05, 0) is 48.7 Å². The molecule has 0 aliphatic rings. The normalized spacial score (nSPS) is 13.9. The summed E-state index contributed by atoms with van der Waals surface area (Å²) in [4.78, 5) is 12.0. The lowest BCUT2D eigenvalue weighted by atomic mass is 10.0. The van der Waals surface area contributed by atoms with Crippen LogP contribution in [0.25, 0.3) is 10.8 Å². The highest BCUT2D eigenvalue weighted by molar-refractivity contribution is 5.84. The quantitative estimate of drug-likeness (QED) is 0.760. The van der Waals surface area contributed by atoms with Gasteiger partial charge in [-0.2, -0.15) is 0 Å². The second-order valence-corrected chi connectivity index (χ2v) is 5.37. The summed E-state index contributed by atoms with van der Waals surface area (Å²) in [5, 5.41) is 5.33. The molecule has 0 radical (unpaired) electrons. The third kappa shape index (κ3) is 4.03. The van der Waals surface area contributed by atoms with Gasteiger partial charge in [0.05, 0.1) is 12.1 Å². The summed E-state index contributed by atoms with van der Waals surface area (Å²) >= 11 is 0. The first-order valence-electron chi connectivity index (χ1n) is 7.36. The zero-order chi connectivity index (χ0) is 15.2. The Morgan fingerprint density at radius 3 is 2.62 bits per heavy atom. The van der Waals surface area contributed by atoms with Crippen LogP contribution in [-0.4, -0.2) is 18.5 Å². The van der Waals surface area contributed by atoms with Gasteiger partial charge in [0.15, 0.2) is 0 Å². The van der Waals surface area contributed by atoms with Crippen LogP contribution < -0.4 is 16.8 Å². The number of benzene rings is 2. The number of nitrogens with two attached hydrogens (primary N) is 2. The van der Waals surface area contributed by atoms with E-state index in [4.69, 9.17) is 11.5 Å². The molecular weight excluding hydrogens is 262 g/mol. The molecule has 0 fully saturated rings. The van der Waals surface area contributed by atoms with Crippen LogP contribution in [0.3, 0.4) is 0 Å². The second kappa shape index (κ2) is 7.20. The molecule has 0 aromatic heterocycles. The topological polar surface area (TPSA) is 81.1 Å². The number of amides is 1. The first kappa shape index (κ1) is 15.5. The van der Waals surface area contributed by atoms with Crippen molar-refractivity contribution in [3.63, 3.8) is 0 Å². The monoisotopic (exact) mass is 285 g/mol. The van der Waals surface area contributed by atoms with Crippen molar-refractivity contribution >= 4 is 16.7 Å². The first-order chi connectivity index (χ1) is 10.1. The lowest BCUT2D eigenvalue weighted by Gasteiger charge is -2.18. The maximum absolute atomic E-state index is 12.0. The molecule has 0 aliphatic carbocycles. The van der Waals surface area contributed by atoms with Crippen molar-refractivity contribution in [2.75, 3.05) is 6.54 Å². The van der Waals surface area contributed by atoms with Crippen LogP contribution in [-0.2, 0) is 4.79 Å². The molecule has 21 heavy (non-hydrogen) atoms. The molecular formula is C17H23N3O. The Bertz CT molecular complexity index is 612. The van der Waals surface area contributed by atoms with E-state index in [0.29, 0.717) is 13.0 Å². The van der Waals surface area contributed by atoms with Crippen LogP contribution in [0.1, 0.15) is 31.4 Å². The minimum Gasteiger partial charge on any atom is -0.348 e. The Balaban J connectivity index is 2.04. The minimum absolute atomic E-state index is 0.0639. The molecule has 0 spiro atoms. The third-order valence-corrected chi connectivity index (χ3v) is 3.69. The van der Waals surface area contributed by atoms with Crippen molar-refractivity contribution in [2.45, 2.75) is 31.8 Å². The predicted molar refractivity (Wildman–Crippen MR) is 86.8 cm³/mol. The van der Waals surface area contributed by atoms with E-state index in [-0.39, 0.29) is 11.9 Å². The van der Waals surface area contributed by atoms with E-state index >= 15 is 0 Å². The fraction of sp³-hybridized carbons (Fsp3) is 0.353. The van der Waals surface area contributed by atoms with Gasteiger partial charge >= 0.3 is 0 Å². The van der Waals surface area contributed by atoms with Gasteiger partial charge in [-0.25, -0.2) is 0 Å². The van der Waals surface area contributed by atoms with Crippen LogP contribution in [0.5, 0.6) is 0 Å². The van der Waals surface area contributed by atoms with Crippen molar-refractivity contribution in [3.8, 4) is 0 Å². The summed E-state index contributed by atoms with van der Waals surface area (Å²) < 4.78 is 0. The lowest BCUT2D eigenvalue weighted by molar-refractivity contribution is -0.123. The number of hydrogen-bond donors (Lipinski definition) is 3. The molecule has 0 saturated heterocycles. The van der Waals surface area contributed by atoms with E-state index in [2.05, 4.69) is 29.6 Å². The van der Waals surface area contributed by atoms with Gasteiger partial charge in [-0.15, -0.1) is 0 Å². The fourth-order valence-corrected chi connectivity index (χ4v) is 2.35. The number of carbonyl (C=O) groups excluding carboxylic acids is 1. The van der Waals surface area contributed by atoms with Gasteiger partial charge in [0, 0.05) is 0 Å². The van der Waals surface area contributed by atoms with Crippen molar-refractivity contribution < 1.29 is 4.79 Å². The van der Waals surface area contributed by atoms with Crippen molar-refractivity contribution in [2.24, 2.45) is 11.5 Å². The molecule has 4 heteroatoms. The molecule has 1 unspecified atom stereocenters. The molecule has 0 aliphatic heterocycles. The number of carbonyl (C=O) groups is 1. The van der Waals surface area contributed by atoms with Crippen molar-refractivity contribution in [1.82, 2.24) is 5.32 Å². The van der Waals surface area contributed by atoms with Gasteiger partial charge in [0.1, 0.15) is 0 Å².